The fraction of sp³-hybridized carbons (Fsp3) is 0.520. The second-order valence-electron chi connectivity index (χ2n) is 8.23. The van der Waals surface area contributed by atoms with Crippen LogP contribution in [-0.4, -0.2) is 54.7 Å². The summed E-state index contributed by atoms with van der Waals surface area (Å²) in [7, 11) is -1.40. The zero-order valence-corrected chi connectivity index (χ0v) is 23.0. The van der Waals surface area contributed by atoms with Gasteiger partial charge in [-0.25, -0.2) is 9.59 Å². The van der Waals surface area contributed by atoms with Crippen molar-refractivity contribution in [2.24, 2.45) is 0 Å². The predicted molar refractivity (Wildman–Crippen MR) is 135 cm³/mol. The number of hydrogen-bond donors (Lipinski definition) is 1. The molecule has 1 atom stereocenters. The van der Waals surface area contributed by atoms with Gasteiger partial charge in [-0.1, -0.05) is 12.1 Å². The van der Waals surface area contributed by atoms with E-state index in [2.05, 4.69) is 26.1 Å². The molecule has 8 nitrogen and oxygen atoms in total. The van der Waals surface area contributed by atoms with E-state index in [0.29, 0.717) is 23.0 Å². The minimum Gasteiger partial charge on any atom is -1.00 e. The number of nitro benzene ring substituents is 1. The molecular formula is C25H36ClN2O6P. The molecule has 1 N–H and O–H groups in total. The number of benzene rings is 1. The van der Waals surface area contributed by atoms with E-state index in [0.717, 1.165) is 24.2 Å². The van der Waals surface area contributed by atoms with Gasteiger partial charge in [-0.3, -0.25) is 10.1 Å². The molecule has 1 aliphatic rings. The van der Waals surface area contributed by atoms with Crippen LogP contribution in [0.1, 0.15) is 53.0 Å². The van der Waals surface area contributed by atoms with Crippen LogP contribution >= 0.6 is 7.26 Å². The van der Waals surface area contributed by atoms with Crippen molar-refractivity contribution in [3.8, 4) is 0 Å². The first-order valence-corrected chi connectivity index (χ1v) is 14.4. The maximum Gasteiger partial charge on any atom is 0.336 e. The molecule has 0 saturated heterocycles. The standard InChI is InChI=1S/C25H35N2O6P.ClH/c1-7-32-24(28)21-17(6)26-20(16-34(9-3,10-4)11-5)23(25(29)33-8-2)22(21)18-13-12-14-19(15-18)27(30)31;/h12-15,22H,7-11,16H2,1-6H3;1H. The van der Waals surface area contributed by atoms with Gasteiger partial charge in [0.25, 0.3) is 5.69 Å². The Balaban J connectivity index is 0.00000612. The van der Waals surface area contributed by atoms with E-state index in [9.17, 15) is 19.7 Å². The van der Waals surface area contributed by atoms with Gasteiger partial charge in [0.2, 0.25) is 0 Å². The van der Waals surface area contributed by atoms with E-state index in [-0.39, 0.29) is 36.9 Å². The van der Waals surface area contributed by atoms with Gasteiger partial charge < -0.3 is 27.2 Å². The second kappa shape index (κ2) is 13.6. The van der Waals surface area contributed by atoms with Crippen molar-refractivity contribution >= 4 is 24.9 Å². The molecule has 0 fully saturated rings. The Morgan fingerprint density at radius 1 is 1.00 bits per heavy atom. The van der Waals surface area contributed by atoms with Gasteiger partial charge >= 0.3 is 11.9 Å². The van der Waals surface area contributed by atoms with Crippen LogP contribution in [0.15, 0.2) is 46.8 Å². The number of nitrogens with zero attached hydrogens (tertiary/aromatic N) is 1. The number of ether oxygens (including phenoxy) is 2. The molecule has 10 heteroatoms. The number of rotatable bonds is 11. The molecule has 194 valence electrons. The molecule has 0 aliphatic carbocycles. The molecule has 0 radical (unpaired) electrons. The lowest BCUT2D eigenvalue weighted by molar-refractivity contribution is -0.384. The molecule has 0 bridgehead atoms. The number of carbonyl (C=O) groups is 2. The summed E-state index contributed by atoms with van der Waals surface area (Å²) in [6, 6.07) is 6.08. The second-order valence-corrected chi connectivity index (χ2v) is 13.1. The van der Waals surface area contributed by atoms with Gasteiger partial charge in [-0.15, -0.1) is 0 Å². The summed E-state index contributed by atoms with van der Waals surface area (Å²) in [5, 5.41) is 14.8. The highest BCUT2D eigenvalue weighted by atomic mass is 35.5. The highest BCUT2D eigenvalue weighted by Gasteiger charge is 2.43. The number of nitrogens with one attached hydrogen (secondary N) is 1. The van der Waals surface area contributed by atoms with Crippen LogP contribution in [0.3, 0.4) is 0 Å². The van der Waals surface area contributed by atoms with Gasteiger partial charge in [-0.05, 0) is 47.1 Å². The van der Waals surface area contributed by atoms with E-state index in [1.54, 1.807) is 32.9 Å². The molecule has 0 spiro atoms. The largest absolute Gasteiger partial charge is 1.00 e. The number of carbonyl (C=O) groups excluding carboxylic acids is 2. The maximum absolute atomic E-state index is 13.4. The van der Waals surface area contributed by atoms with Crippen molar-refractivity contribution < 1.29 is 36.4 Å². The van der Waals surface area contributed by atoms with Gasteiger partial charge in [0.15, 0.2) is 0 Å². The molecule has 1 heterocycles. The van der Waals surface area contributed by atoms with Crippen LogP contribution in [-0.2, 0) is 19.1 Å². The van der Waals surface area contributed by atoms with Gasteiger partial charge in [0, 0.05) is 25.1 Å². The monoisotopic (exact) mass is 526 g/mol. The van der Waals surface area contributed by atoms with Gasteiger partial charge in [0.05, 0.1) is 65.5 Å². The van der Waals surface area contributed by atoms with Crippen molar-refractivity contribution in [3.05, 3.63) is 62.5 Å². The first kappa shape index (κ1) is 30.6. The molecule has 2 rings (SSSR count). The third kappa shape index (κ3) is 6.83. The fourth-order valence-corrected chi connectivity index (χ4v) is 7.38. The molecule has 0 amide bonds. The molecule has 1 aliphatic heterocycles. The topological polar surface area (TPSA) is 108 Å². The molecule has 1 unspecified atom stereocenters. The number of hydrogen-bond acceptors (Lipinski definition) is 7. The van der Waals surface area contributed by atoms with Crippen LogP contribution < -0.4 is 17.7 Å². The lowest BCUT2D eigenvalue weighted by Crippen LogP contribution is -3.00. The van der Waals surface area contributed by atoms with E-state index in [1.807, 2.05) is 0 Å². The molecule has 1 aromatic carbocycles. The van der Waals surface area contributed by atoms with Gasteiger partial charge in [0.1, 0.15) is 0 Å². The highest BCUT2D eigenvalue weighted by Crippen LogP contribution is 2.59. The molecule has 1 aromatic rings. The van der Waals surface area contributed by atoms with Crippen molar-refractivity contribution in [2.75, 3.05) is 37.9 Å². The molecule has 0 aromatic heterocycles. The normalized spacial score (nSPS) is 15.8. The minimum absolute atomic E-state index is 0. The maximum atomic E-state index is 13.4. The van der Waals surface area contributed by atoms with Crippen molar-refractivity contribution in [2.45, 2.75) is 47.5 Å². The summed E-state index contributed by atoms with van der Waals surface area (Å²) in [6.45, 7) is 12.1. The Labute approximate surface area is 214 Å². The summed E-state index contributed by atoms with van der Waals surface area (Å²) < 4.78 is 10.8. The third-order valence-electron chi connectivity index (χ3n) is 6.56. The van der Waals surface area contributed by atoms with Crippen LogP contribution in [0.4, 0.5) is 5.69 Å². The molecule has 0 saturated carbocycles. The SMILES string of the molecule is CCOC(=O)C1=C(C)NC(C[P+](CC)(CC)CC)=C(C(=O)OCC)C1c1cccc([N+](=O)[O-])c1.[Cl-]. The summed E-state index contributed by atoms with van der Waals surface area (Å²) in [5.41, 5.74) is 2.28. The quantitative estimate of drug-likeness (QED) is 0.203. The Bertz CT molecular complexity index is 995. The van der Waals surface area contributed by atoms with E-state index in [4.69, 9.17) is 9.47 Å². The van der Waals surface area contributed by atoms with Crippen LogP contribution in [0.5, 0.6) is 0 Å². The Morgan fingerprint density at radius 3 is 2.03 bits per heavy atom. The Kier molecular flexibility index (Phi) is 11.9. The zero-order chi connectivity index (χ0) is 25.5. The first-order valence-electron chi connectivity index (χ1n) is 11.8. The number of esters is 2. The van der Waals surface area contributed by atoms with Gasteiger partial charge in [-0.2, -0.15) is 0 Å². The summed E-state index contributed by atoms with van der Waals surface area (Å²) in [6.07, 6.45) is 3.77. The Morgan fingerprint density at radius 2 is 1.54 bits per heavy atom. The van der Waals surface area contributed by atoms with Crippen molar-refractivity contribution in [3.63, 3.8) is 0 Å². The number of allylic oxidation sites excluding steroid dienone is 2. The van der Waals surface area contributed by atoms with E-state index >= 15 is 0 Å². The van der Waals surface area contributed by atoms with Crippen molar-refractivity contribution in [1.82, 2.24) is 5.32 Å². The lowest BCUT2D eigenvalue weighted by Gasteiger charge is -2.34. The molecule has 35 heavy (non-hydrogen) atoms. The van der Waals surface area contributed by atoms with Crippen molar-refractivity contribution in [1.29, 1.82) is 0 Å². The number of dihydropyridines is 1. The van der Waals surface area contributed by atoms with Crippen LogP contribution in [0.2, 0.25) is 0 Å². The molecular weight excluding hydrogens is 491 g/mol. The highest BCUT2D eigenvalue weighted by molar-refractivity contribution is 7.76. The summed E-state index contributed by atoms with van der Waals surface area (Å²) >= 11 is 0. The number of non-ortho nitro benzene ring substituents is 1. The van der Waals surface area contributed by atoms with E-state index < -0.39 is 30.0 Å². The average molecular weight is 527 g/mol. The zero-order valence-electron chi connectivity index (χ0n) is 21.4. The third-order valence-corrected chi connectivity index (χ3v) is 11.6. The predicted octanol–water partition coefficient (Wildman–Crippen LogP) is 2.02. The first-order chi connectivity index (χ1) is 16.2. The summed E-state index contributed by atoms with van der Waals surface area (Å²) in [4.78, 5) is 37.5. The Hall–Kier alpha value is -2.44. The van der Waals surface area contributed by atoms with Crippen LogP contribution in [0.25, 0.3) is 0 Å². The fourth-order valence-electron chi connectivity index (χ4n) is 4.44. The minimum atomic E-state index is -1.40. The number of nitro groups is 1. The average Bonchev–Trinajstić information content (AvgIpc) is 2.82. The van der Waals surface area contributed by atoms with Crippen LogP contribution in [0, 0.1) is 10.1 Å². The summed E-state index contributed by atoms with van der Waals surface area (Å²) in [5.74, 6) is -1.92. The lowest BCUT2D eigenvalue weighted by atomic mass is 9.80. The van der Waals surface area contributed by atoms with E-state index in [1.165, 1.54) is 12.1 Å². The number of halogens is 1. The smallest absolute Gasteiger partial charge is 0.336 e.